The molecule has 4 heterocycles. The minimum Gasteiger partial charge on any atom is -0.458 e. The van der Waals surface area contributed by atoms with Crippen LogP contribution in [-0.4, -0.2) is 22.8 Å². The number of nitrogens with one attached hydrogen (secondary N) is 1. The number of aliphatic hydroxyl groups is 1. The molecule has 30 heavy (non-hydrogen) atoms. The average molecular weight is 402 g/mol. The van der Waals surface area contributed by atoms with Crippen molar-refractivity contribution >= 4 is 0 Å². The van der Waals surface area contributed by atoms with E-state index in [1.165, 1.54) is 4.90 Å². The van der Waals surface area contributed by atoms with Gasteiger partial charge in [0.2, 0.25) is 0 Å². The minimum atomic E-state index is -0.0848. The normalized spacial score (nSPS) is 22.3. The number of aliphatic hydroxyl groups excluding tert-OH is 1. The predicted octanol–water partition coefficient (Wildman–Crippen LogP) is 1.67. The van der Waals surface area contributed by atoms with Gasteiger partial charge in [0.25, 0.3) is 5.56 Å². The zero-order valence-corrected chi connectivity index (χ0v) is 16.7. The van der Waals surface area contributed by atoms with Gasteiger partial charge in [-0.15, -0.1) is 0 Å². The Balaban J connectivity index is 1.52. The van der Waals surface area contributed by atoms with Crippen molar-refractivity contribution in [1.29, 1.82) is 5.26 Å². The molecule has 0 spiro atoms. The van der Waals surface area contributed by atoms with Crippen LogP contribution >= 0.6 is 0 Å². The highest BCUT2D eigenvalue weighted by Crippen LogP contribution is 2.37. The number of benzene rings is 1. The van der Waals surface area contributed by atoms with E-state index < -0.39 is 0 Å². The molecule has 5 rings (SSSR count). The largest absolute Gasteiger partial charge is 0.458 e. The molecule has 2 bridgehead atoms. The van der Waals surface area contributed by atoms with Crippen LogP contribution in [0, 0.1) is 17.2 Å². The van der Waals surface area contributed by atoms with Gasteiger partial charge in [-0.3, -0.25) is 4.79 Å². The third kappa shape index (κ3) is 3.26. The smallest absolute Gasteiger partial charge is 0.250 e. The number of piperidine rings is 1. The fourth-order valence-electron chi connectivity index (χ4n) is 5.27. The molecule has 1 aromatic carbocycles. The fourth-order valence-corrected chi connectivity index (χ4v) is 5.27. The SMILES string of the molecule is N#Cc1ccccc1-c1ccc(=O)n2c1[C@@H]1C[C@H](C2)C[NH+](Cc2ccc(CO)o2)C1. The number of nitriles is 1. The number of hydrogen-bond donors (Lipinski definition) is 2. The first-order valence-corrected chi connectivity index (χ1v) is 10.4. The summed E-state index contributed by atoms with van der Waals surface area (Å²) in [5, 5.41) is 18.8. The number of aromatic nitrogens is 1. The molecule has 6 heteroatoms. The molecule has 0 aliphatic carbocycles. The van der Waals surface area contributed by atoms with Crippen LogP contribution in [0.3, 0.4) is 0 Å². The Labute approximate surface area is 174 Å². The highest BCUT2D eigenvalue weighted by atomic mass is 16.4. The summed E-state index contributed by atoms with van der Waals surface area (Å²) in [6.07, 6.45) is 1.06. The Kier molecular flexibility index (Phi) is 4.78. The third-order valence-electron chi connectivity index (χ3n) is 6.42. The van der Waals surface area contributed by atoms with Gasteiger partial charge in [0.1, 0.15) is 18.9 Å². The van der Waals surface area contributed by atoms with E-state index in [4.69, 9.17) is 4.42 Å². The molecule has 6 nitrogen and oxygen atoms in total. The van der Waals surface area contributed by atoms with Gasteiger partial charge in [0.05, 0.1) is 24.7 Å². The second-order valence-electron chi connectivity index (χ2n) is 8.40. The van der Waals surface area contributed by atoms with E-state index in [1.807, 2.05) is 47.0 Å². The summed E-state index contributed by atoms with van der Waals surface area (Å²) in [6.45, 7) is 3.32. The summed E-state index contributed by atoms with van der Waals surface area (Å²) in [5.74, 6) is 2.18. The lowest BCUT2D eigenvalue weighted by atomic mass is 9.80. The predicted molar refractivity (Wildman–Crippen MR) is 111 cm³/mol. The van der Waals surface area contributed by atoms with Crippen LogP contribution < -0.4 is 10.5 Å². The van der Waals surface area contributed by atoms with E-state index in [1.54, 1.807) is 6.07 Å². The quantitative estimate of drug-likeness (QED) is 0.696. The number of fused-ring (bicyclic) bond motifs is 4. The van der Waals surface area contributed by atoms with Crippen LogP contribution in [0.25, 0.3) is 11.1 Å². The minimum absolute atomic E-state index is 0.0416. The number of furan rings is 1. The summed E-state index contributed by atoms with van der Waals surface area (Å²) in [6, 6.07) is 17.2. The molecule has 2 aliphatic rings. The number of quaternary nitrogens is 1. The first kappa shape index (κ1) is 18.9. The van der Waals surface area contributed by atoms with Crippen LogP contribution in [0.5, 0.6) is 0 Å². The second-order valence-corrected chi connectivity index (χ2v) is 8.40. The number of nitrogens with zero attached hydrogens (tertiary/aromatic N) is 2. The molecule has 1 saturated heterocycles. The maximum Gasteiger partial charge on any atom is 0.250 e. The summed E-state index contributed by atoms with van der Waals surface area (Å²) in [7, 11) is 0. The molecule has 152 valence electrons. The van der Waals surface area contributed by atoms with E-state index >= 15 is 0 Å². The highest BCUT2D eigenvalue weighted by Gasteiger charge is 2.39. The van der Waals surface area contributed by atoms with Crippen molar-refractivity contribution in [3.05, 3.63) is 81.7 Å². The van der Waals surface area contributed by atoms with Crippen molar-refractivity contribution in [3.8, 4) is 17.2 Å². The van der Waals surface area contributed by atoms with E-state index in [2.05, 4.69) is 6.07 Å². The lowest BCUT2D eigenvalue weighted by molar-refractivity contribution is -0.925. The van der Waals surface area contributed by atoms with Crippen LogP contribution in [-0.2, 0) is 19.7 Å². The van der Waals surface area contributed by atoms with Crippen LogP contribution in [0.1, 0.15) is 35.1 Å². The lowest BCUT2D eigenvalue weighted by Crippen LogP contribution is -3.13. The average Bonchev–Trinajstić information content (AvgIpc) is 3.22. The first-order chi connectivity index (χ1) is 14.7. The molecule has 0 radical (unpaired) electrons. The zero-order valence-electron chi connectivity index (χ0n) is 16.7. The number of likely N-dealkylation sites (tertiary alicyclic amines) is 1. The molecule has 2 aliphatic heterocycles. The molecule has 0 amide bonds. The van der Waals surface area contributed by atoms with Crippen LogP contribution in [0.2, 0.25) is 0 Å². The van der Waals surface area contributed by atoms with Gasteiger partial charge in [-0.2, -0.15) is 5.26 Å². The van der Waals surface area contributed by atoms with Crippen LogP contribution in [0.4, 0.5) is 0 Å². The summed E-state index contributed by atoms with van der Waals surface area (Å²) >= 11 is 0. The van der Waals surface area contributed by atoms with Crippen molar-refractivity contribution in [2.75, 3.05) is 13.1 Å². The molecular weight excluding hydrogens is 378 g/mol. The Bertz CT molecular complexity index is 1190. The van der Waals surface area contributed by atoms with Crippen molar-refractivity contribution in [1.82, 2.24) is 4.57 Å². The van der Waals surface area contributed by atoms with Gasteiger partial charge in [-0.1, -0.05) is 18.2 Å². The van der Waals surface area contributed by atoms with Gasteiger partial charge >= 0.3 is 0 Å². The van der Waals surface area contributed by atoms with E-state index in [0.717, 1.165) is 55.2 Å². The molecular formula is C24H24N3O3+. The number of hydrogen-bond acceptors (Lipinski definition) is 4. The highest BCUT2D eigenvalue weighted by molar-refractivity contribution is 5.73. The molecule has 1 fully saturated rings. The third-order valence-corrected chi connectivity index (χ3v) is 6.42. The van der Waals surface area contributed by atoms with Gasteiger partial charge < -0.3 is 19.0 Å². The monoisotopic (exact) mass is 402 g/mol. The molecule has 1 unspecified atom stereocenters. The Morgan fingerprint density at radius 2 is 1.93 bits per heavy atom. The van der Waals surface area contributed by atoms with Gasteiger partial charge in [-0.05, 0) is 30.7 Å². The zero-order chi connectivity index (χ0) is 20.7. The Hall–Kier alpha value is -3.14. The van der Waals surface area contributed by atoms with Gasteiger partial charge in [0.15, 0.2) is 5.76 Å². The summed E-state index contributed by atoms with van der Waals surface area (Å²) < 4.78 is 7.65. The lowest BCUT2D eigenvalue weighted by Gasteiger charge is -2.41. The number of rotatable bonds is 4. The first-order valence-electron chi connectivity index (χ1n) is 10.4. The van der Waals surface area contributed by atoms with Crippen molar-refractivity contribution < 1.29 is 14.4 Å². The molecule has 3 aromatic rings. The maximum absolute atomic E-state index is 12.7. The van der Waals surface area contributed by atoms with Crippen molar-refractivity contribution in [2.45, 2.75) is 32.0 Å². The molecule has 2 aromatic heterocycles. The summed E-state index contributed by atoms with van der Waals surface area (Å²) in [4.78, 5) is 14.1. The van der Waals surface area contributed by atoms with E-state index in [0.29, 0.717) is 17.2 Å². The topological polar surface area (TPSA) is 83.6 Å². The van der Waals surface area contributed by atoms with E-state index in [-0.39, 0.29) is 18.1 Å². The van der Waals surface area contributed by atoms with Crippen molar-refractivity contribution in [2.24, 2.45) is 5.92 Å². The molecule has 0 saturated carbocycles. The van der Waals surface area contributed by atoms with E-state index in [9.17, 15) is 15.2 Å². The Morgan fingerprint density at radius 1 is 1.10 bits per heavy atom. The number of pyridine rings is 1. The van der Waals surface area contributed by atoms with Gasteiger partial charge in [-0.25, -0.2) is 0 Å². The van der Waals surface area contributed by atoms with Gasteiger partial charge in [0, 0.05) is 41.3 Å². The Morgan fingerprint density at radius 3 is 2.73 bits per heavy atom. The standard InChI is InChI=1S/C24H23N3O3/c25-10-17-3-1-2-4-21(17)22-7-8-23(29)27-12-16-9-18(24(22)27)13-26(11-16)14-19-5-6-20(15-28)30-19/h1-8,16,18,28H,9,11-15H2/p+1/t16-,18+/m0/s1. The fraction of sp³-hybridized carbons (Fsp3) is 0.333. The molecule has 2 N–H and O–H groups in total. The van der Waals surface area contributed by atoms with Crippen molar-refractivity contribution in [3.63, 3.8) is 0 Å². The van der Waals surface area contributed by atoms with Crippen LogP contribution in [0.15, 0.2) is 57.7 Å². The molecule has 3 atom stereocenters. The maximum atomic E-state index is 12.7. The summed E-state index contributed by atoms with van der Waals surface area (Å²) in [5.41, 5.74) is 3.63. The second kappa shape index (κ2) is 7.60.